The minimum Gasteiger partial charge on any atom is -0.453 e. The molecule has 0 bridgehead atoms. The maximum atomic E-state index is 14.3. The van der Waals surface area contributed by atoms with Crippen LogP contribution in [0.4, 0.5) is 19.7 Å². The number of H-pyrrole nitrogens is 2. The van der Waals surface area contributed by atoms with E-state index >= 15 is 0 Å². The van der Waals surface area contributed by atoms with Crippen LogP contribution in [0.5, 0.6) is 0 Å². The van der Waals surface area contributed by atoms with E-state index < -0.39 is 35.1 Å². The summed E-state index contributed by atoms with van der Waals surface area (Å²) in [5.74, 6) is 0.784. The van der Waals surface area contributed by atoms with E-state index in [0.717, 1.165) is 77.9 Å². The van der Waals surface area contributed by atoms with Gasteiger partial charge in [0, 0.05) is 18.8 Å². The SMILES string of the molecule is COC(=O)N[C@H](C(=O)N1CCC[C@H]1c1ncc(-c2ccc([C@H]3CC[C@H](c4ccc(-c5cnc([C@@H]6CCCN6C(=O)[C@@H](NC(=O)OC)C(C)(C)C)[nH]5)cc4)N3c3ccc(F)cc3)cc2)[nH]1)C(C)(C)C. The number of halogens is 1. The maximum Gasteiger partial charge on any atom is 0.407 e. The van der Waals surface area contributed by atoms with Crippen molar-refractivity contribution in [3.63, 3.8) is 0 Å². The van der Waals surface area contributed by atoms with Crippen molar-refractivity contribution in [3.05, 3.63) is 114 Å². The lowest BCUT2D eigenvalue weighted by Gasteiger charge is -2.35. The molecule has 0 radical (unpaired) electrons. The smallest absolute Gasteiger partial charge is 0.407 e. The molecule has 68 heavy (non-hydrogen) atoms. The Morgan fingerprint density at radius 2 is 1.00 bits per heavy atom. The number of alkyl carbamates (subject to hydrolysis) is 2. The molecule has 3 aliphatic rings. The molecule has 4 N–H and O–H groups in total. The zero-order chi connectivity index (χ0) is 48.5. The molecule has 8 rings (SSSR count). The molecule has 16 heteroatoms. The van der Waals surface area contributed by atoms with Gasteiger partial charge in [-0.2, -0.15) is 0 Å². The van der Waals surface area contributed by atoms with Gasteiger partial charge in [0.15, 0.2) is 0 Å². The Balaban J connectivity index is 0.979. The summed E-state index contributed by atoms with van der Waals surface area (Å²) in [7, 11) is 2.58. The second-order valence-corrected chi connectivity index (χ2v) is 20.4. The second-order valence-electron chi connectivity index (χ2n) is 20.4. The molecule has 0 spiro atoms. The van der Waals surface area contributed by atoms with Crippen LogP contribution in [-0.4, -0.2) is 93.1 Å². The van der Waals surface area contributed by atoms with Gasteiger partial charge < -0.3 is 44.8 Å². The fraction of sp³-hybridized carbons (Fsp3) is 0.462. The summed E-state index contributed by atoms with van der Waals surface area (Å²) in [5, 5.41) is 5.49. The predicted molar refractivity (Wildman–Crippen MR) is 257 cm³/mol. The van der Waals surface area contributed by atoms with Crippen LogP contribution in [0.25, 0.3) is 22.5 Å². The van der Waals surface area contributed by atoms with Crippen molar-refractivity contribution in [2.45, 2.75) is 116 Å². The summed E-state index contributed by atoms with van der Waals surface area (Å²) in [4.78, 5) is 74.7. The number of aromatic amines is 2. The maximum absolute atomic E-state index is 14.3. The number of likely N-dealkylation sites (tertiary alicyclic amines) is 2. The minimum absolute atomic E-state index is 0.0249. The molecular weight excluding hydrogens is 866 g/mol. The fourth-order valence-corrected chi connectivity index (χ4v) is 10.1. The van der Waals surface area contributed by atoms with E-state index in [4.69, 9.17) is 19.4 Å². The highest BCUT2D eigenvalue weighted by atomic mass is 19.1. The fourth-order valence-electron chi connectivity index (χ4n) is 10.1. The van der Waals surface area contributed by atoms with Gasteiger partial charge in [-0.15, -0.1) is 0 Å². The van der Waals surface area contributed by atoms with E-state index in [9.17, 15) is 23.6 Å². The second kappa shape index (κ2) is 19.5. The van der Waals surface area contributed by atoms with Gasteiger partial charge in [-0.1, -0.05) is 90.1 Å². The first-order valence-electron chi connectivity index (χ1n) is 23.6. The van der Waals surface area contributed by atoms with Gasteiger partial charge in [-0.25, -0.2) is 23.9 Å². The highest BCUT2D eigenvalue weighted by Gasteiger charge is 2.43. The average molecular weight is 930 g/mol. The van der Waals surface area contributed by atoms with Crippen LogP contribution < -0.4 is 15.5 Å². The zero-order valence-corrected chi connectivity index (χ0v) is 40.3. The lowest BCUT2D eigenvalue weighted by atomic mass is 9.85. The number of rotatable bonds is 11. The number of hydrogen-bond acceptors (Lipinski definition) is 9. The number of benzene rings is 3. The van der Waals surface area contributed by atoms with E-state index in [1.807, 2.05) is 75.9 Å². The number of amides is 4. The number of ether oxygens (including phenoxy) is 2. The number of methoxy groups -OCH3 is 2. The highest BCUT2D eigenvalue weighted by Crippen LogP contribution is 2.47. The van der Waals surface area contributed by atoms with Crippen molar-refractivity contribution in [1.82, 2.24) is 40.4 Å². The average Bonchev–Trinajstić information content (AvgIpc) is 4.18. The molecule has 2 aromatic heterocycles. The number of carbonyl (C=O) groups is 4. The van der Waals surface area contributed by atoms with Gasteiger partial charge in [0.2, 0.25) is 11.8 Å². The molecule has 0 aliphatic carbocycles. The molecule has 6 atom stereocenters. The molecule has 5 aromatic rings. The van der Waals surface area contributed by atoms with Gasteiger partial charge in [-0.05, 0) is 95.9 Å². The summed E-state index contributed by atoms with van der Waals surface area (Å²) < 4.78 is 24.0. The Kier molecular flexibility index (Phi) is 13.7. The third-order valence-corrected chi connectivity index (χ3v) is 13.7. The normalized spacial score (nSPS) is 20.6. The quantitative estimate of drug-likeness (QED) is 0.100. The van der Waals surface area contributed by atoms with E-state index in [1.54, 1.807) is 0 Å². The van der Waals surface area contributed by atoms with E-state index in [1.165, 1.54) is 26.4 Å². The molecule has 0 saturated carbocycles. The topological polar surface area (TPSA) is 178 Å². The summed E-state index contributed by atoms with van der Waals surface area (Å²) in [6, 6.07) is 21.7. The molecule has 5 heterocycles. The Morgan fingerprint density at radius 3 is 1.37 bits per heavy atom. The first kappa shape index (κ1) is 47.8. The van der Waals surface area contributed by atoms with Gasteiger partial charge >= 0.3 is 12.2 Å². The van der Waals surface area contributed by atoms with Crippen LogP contribution in [0.1, 0.15) is 127 Å². The van der Waals surface area contributed by atoms with Crippen LogP contribution >= 0.6 is 0 Å². The molecule has 0 unspecified atom stereocenters. The van der Waals surface area contributed by atoms with Crippen molar-refractivity contribution in [2.24, 2.45) is 10.8 Å². The van der Waals surface area contributed by atoms with Gasteiger partial charge in [0.05, 0.1) is 62.2 Å². The Morgan fingerprint density at radius 1 is 0.603 bits per heavy atom. The number of nitrogens with zero attached hydrogens (tertiary/aromatic N) is 5. The summed E-state index contributed by atoms with van der Waals surface area (Å²) in [6.45, 7) is 12.6. The summed E-state index contributed by atoms with van der Waals surface area (Å²) in [5.41, 5.74) is 5.73. The van der Waals surface area contributed by atoms with E-state index in [2.05, 4.69) is 74.0 Å². The van der Waals surface area contributed by atoms with Crippen LogP contribution in [0.3, 0.4) is 0 Å². The van der Waals surface area contributed by atoms with Crippen molar-refractivity contribution in [1.29, 1.82) is 0 Å². The molecule has 3 aromatic carbocycles. The third kappa shape index (κ3) is 9.95. The van der Waals surface area contributed by atoms with Crippen LogP contribution in [-0.2, 0) is 19.1 Å². The molecule has 3 saturated heterocycles. The van der Waals surface area contributed by atoms with Crippen molar-refractivity contribution in [3.8, 4) is 22.5 Å². The molecule has 3 aliphatic heterocycles. The number of imidazole rings is 2. The van der Waals surface area contributed by atoms with E-state index in [0.29, 0.717) is 24.7 Å². The molecule has 3 fully saturated rings. The van der Waals surface area contributed by atoms with Gasteiger partial charge in [0.25, 0.3) is 0 Å². The third-order valence-electron chi connectivity index (χ3n) is 13.7. The van der Waals surface area contributed by atoms with Crippen molar-refractivity contribution < 1.29 is 33.0 Å². The molecule has 360 valence electrons. The Bertz CT molecular complexity index is 2420. The van der Waals surface area contributed by atoms with Crippen molar-refractivity contribution >= 4 is 29.7 Å². The number of hydrogen-bond donors (Lipinski definition) is 4. The van der Waals surface area contributed by atoms with Crippen LogP contribution in [0.15, 0.2) is 85.2 Å². The molecule has 4 amide bonds. The first-order chi connectivity index (χ1) is 32.4. The Hall–Kier alpha value is -6.71. The van der Waals surface area contributed by atoms with E-state index in [-0.39, 0.29) is 41.8 Å². The summed E-state index contributed by atoms with van der Waals surface area (Å²) >= 11 is 0. The first-order valence-corrected chi connectivity index (χ1v) is 23.6. The number of aromatic nitrogens is 4. The molecular formula is C52H64FN9O6. The zero-order valence-electron chi connectivity index (χ0n) is 40.3. The largest absolute Gasteiger partial charge is 0.453 e. The number of carbonyl (C=O) groups excluding carboxylic acids is 4. The van der Waals surface area contributed by atoms with Crippen molar-refractivity contribution in [2.75, 3.05) is 32.2 Å². The van der Waals surface area contributed by atoms with Crippen LogP contribution in [0.2, 0.25) is 0 Å². The van der Waals surface area contributed by atoms with Crippen LogP contribution in [0, 0.1) is 16.6 Å². The number of anilines is 1. The van der Waals surface area contributed by atoms with Gasteiger partial charge in [0.1, 0.15) is 29.5 Å². The highest BCUT2D eigenvalue weighted by molar-refractivity contribution is 5.88. The standard InChI is InChI=1S/C52H64FN9O6/c1-51(2,3)43(58-49(65)67-7)47(63)60-27-9-11-41(60)45-54-29-37(56-45)31-13-17-33(18-14-31)39-25-26-40(62(39)36-23-21-35(53)22-24-36)34-19-15-32(16-20-34)38-30-55-46(57-38)42-12-10-28-61(42)48(64)44(52(4,5)6)59-50(66)68-8/h13-24,29-30,39-44H,9-12,25-28H2,1-8H3,(H,54,56)(H,55,57)(H,58,65)(H,59,66)/t39-,40-,41+,42+,43-,44-/m1/s1. The predicted octanol–water partition coefficient (Wildman–Crippen LogP) is 9.56. The lowest BCUT2D eigenvalue weighted by molar-refractivity contribution is -0.137. The minimum atomic E-state index is -0.764. The molecule has 15 nitrogen and oxygen atoms in total. The summed E-state index contributed by atoms with van der Waals surface area (Å²) in [6.07, 6.45) is 7.25. The number of nitrogens with one attached hydrogen (secondary N) is 4. The monoisotopic (exact) mass is 929 g/mol. The Labute approximate surface area is 397 Å². The lowest BCUT2D eigenvalue weighted by Crippen LogP contribution is -2.54. The van der Waals surface area contributed by atoms with Gasteiger partial charge in [-0.3, -0.25) is 9.59 Å².